The van der Waals surface area contributed by atoms with Gasteiger partial charge in [-0.1, -0.05) is 48.7 Å². The molecule has 1 saturated carbocycles. The van der Waals surface area contributed by atoms with Crippen molar-refractivity contribution in [1.29, 1.82) is 0 Å². The Kier molecular flexibility index (Phi) is 9.02. The molecule has 1 aliphatic carbocycles. The fraction of sp³-hybridized carbons (Fsp3) is 0.440. The second kappa shape index (κ2) is 11.8. The van der Waals surface area contributed by atoms with Crippen molar-refractivity contribution in [2.24, 2.45) is 0 Å². The number of rotatable bonds is 10. The minimum atomic E-state index is -3.83. The highest BCUT2D eigenvalue weighted by atomic mass is 35.5. The van der Waals surface area contributed by atoms with Gasteiger partial charge in [-0.15, -0.1) is 0 Å². The Morgan fingerprint density at radius 2 is 1.74 bits per heavy atom. The van der Waals surface area contributed by atoms with Gasteiger partial charge < -0.3 is 15.0 Å². The van der Waals surface area contributed by atoms with Gasteiger partial charge in [-0.3, -0.25) is 13.9 Å². The van der Waals surface area contributed by atoms with Crippen LogP contribution in [-0.2, 0) is 26.2 Å². The largest absolute Gasteiger partial charge is 0.497 e. The van der Waals surface area contributed by atoms with E-state index in [0.717, 1.165) is 41.8 Å². The van der Waals surface area contributed by atoms with E-state index in [1.54, 1.807) is 50.4 Å². The smallest absolute Gasteiger partial charge is 0.244 e. The fourth-order valence-electron chi connectivity index (χ4n) is 4.15. The van der Waals surface area contributed by atoms with Gasteiger partial charge in [0.1, 0.15) is 18.3 Å². The Bertz CT molecular complexity index is 1130. The van der Waals surface area contributed by atoms with Crippen molar-refractivity contribution in [2.75, 3.05) is 24.2 Å². The van der Waals surface area contributed by atoms with E-state index < -0.39 is 28.5 Å². The second-order valence-electron chi connectivity index (χ2n) is 8.76. The fourth-order valence-corrected chi connectivity index (χ4v) is 5.30. The second-order valence-corrected chi connectivity index (χ2v) is 11.1. The first kappa shape index (κ1) is 26.8. The molecule has 0 spiro atoms. The summed E-state index contributed by atoms with van der Waals surface area (Å²) >= 11 is 6.25. The van der Waals surface area contributed by atoms with E-state index in [9.17, 15) is 18.0 Å². The van der Waals surface area contributed by atoms with Gasteiger partial charge in [0.15, 0.2) is 0 Å². The van der Waals surface area contributed by atoms with Gasteiger partial charge in [-0.05, 0) is 49.6 Å². The first-order valence-corrected chi connectivity index (χ1v) is 13.8. The number of carbonyl (C=O) groups excluding carboxylic acids is 2. The Labute approximate surface area is 212 Å². The molecule has 2 aromatic carbocycles. The van der Waals surface area contributed by atoms with Crippen LogP contribution in [0.2, 0.25) is 5.02 Å². The van der Waals surface area contributed by atoms with Crippen molar-refractivity contribution in [2.45, 2.75) is 51.2 Å². The molecule has 8 nitrogen and oxygen atoms in total. The quantitative estimate of drug-likeness (QED) is 0.515. The van der Waals surface area contributed by atoms with Gasteiger partial charge in [-0.25, -0.2) is 8.42 Å². The standard InChI is InChI=1S/C25H32ClN3O5S/c1-18(25(31)27-20-8-4-5-9-20)28(16-19-12-14-21(34-2)15-13-19)24(30)17-29(35(3,32)33)23-11-7-6-10-22(23)26/h6-7,10-15,18,20H,4-5,8-9,16-17H2,1-3H3,(H,27,31). The van der Waals surface area contributed by atoms with Crippen LogP contribution < -0.4 is 14.4 Å². The summed E-state index contributed by atoms with van der Waals surface area (Å²) in [5, 5.41) is 3.24. The SMILES string of the molecule is COc1ccc(CN(C(=O)CN(c2ccccc2Cl)S(C)(=O)=O)C(C)C(=O)NC2CCCC2)cc1. The Morgan fingerprint density at radius 1 is 1.11 bits per heavy atom. The van der Waals surface area contributed by atoms with E-state index in [-0.39, 0.29) is 29.2 Å². The minimum absolute atomic E-state index is 0.0959. The topological polar surface area (TPSA) is 96.0 Å². The highest BCUT2D eigenvalue weighted by molar-refractivity contribution is 7.92. The van der Waals surface area contributed by atoms with E-state index in [4.69, 9.17) is 16.3 Å². The predicted octanol–water partition coefficient (Wildman–Crippen LogP) is 3.59. The zero-order valence-electron chi connectivity index (χ0n) is 20.2. The van der Waals surface area contributed by atoms with Crippen LogP contribution in [0, 0.1) is 0 Å². The molecule has 10 heteroatoms. The number of methoxy groups -OCH3 is 1. The number of hydrogen-bond acceptors (Lipinski definition) is 5. The molecule has 1 N–H and O–H groups in total. The van der Waals surface area contributed by atoms with Crippen molar-refractivity contribution in [3.05, 3.63) is 59.1 Å². The summed E-state index contributed by atoms with van der Waals surface area (Å²) in [7, 11) is -2.27. The Hall–Kier alpha value is -2.78. The maximum atomic E-state index is 13.6. The number of carbonyl (C=O) groups is 2. The maximum Gasteiger partial charge on any atom is 0.244 e. The van der Waals surface area contributed by atoms with E-state index >= 15 is 0 Å². The van der Waals surface area contributed by atoms with Crippen LogP contribution in [-0.4, -0.2) is 57.1 Å². The third-order valence-electron chi connectivity index (χ3n) is 6.18. The van der Waals surface area contributed by atoms with Gasteiger partial charge >= 0.3 is 0 Å². The van der Waals surface area contributed by atoms with Gasteiger partial charge in [0, 0.05) is 12.6 Å². The number of halogens is 1. The van der Waals surface area contributed by atoms with Crippen molar-refractivity contribution >= 4 is 39.1 Å². The van der Waals surface area contributed by atoms with Crippen LogP contribution in [0.5, 0.6) is 5.75 Å². The number of amides is 2. The van der Waals surface area contributed by atoms with E-state index in [1.165, 1.54) is 4.90 Å². The van der Waals surface area contributed by atoms with Crippen LogP contribution in [0.1, 0.15) is 38.2 Å². The number of benzene rings is 2. The Morgan fingerprint density at radius 3 is 2.31 bits per heavy atom. The molecule has 0 aliphatic heterocycles. The molecule has 0 aromatic heterocycles. The first-order chi connectivity index (χ1) is 16.6. The van der Waals surface area contributed by atoms with Crippen LogP contribution >= 0.6 is 11.6 Å². The number of anilines is 1. The van der Waals surface area contributed by atoms with Crippen LogP contribution in [0.15, 0.2) is 48.5 Å². The van der Waals surface area contributed by atoms with Gasteiger partial charge in [-0.2, -0.15) is 0 Å². The van der Waals surface area contributed by atoms with Gasteiger partial charge in [0.25, 0.3) is 0 Å². The highest BCUT2D eigenvalue weighted by Gasteiger charge is 2.31. The van der Waals surface area contributed by atoms with Crippen molar-refractivity contribution in [1.82, 2.24) is 10.2 Å². The Balaban J connectivity index is 1.88. The van der Waals surface area contributed by atoms with E-state index in [1.807, 2.05) is 12.1 Å². The summed E-state index contributed by atoms with van der Waals surface area (Å²) in [5.74, 6) is -0.108. The molecule has 0 radical (unpaired) electrons. The number of nitrogens with one attached hydrogen (secondary N) is 1. The van der Waals surface area contributed by atoms with Crippen molar-refractivity contribution in [3.63, 3.8) is 0 Å². The number of hydrogen-bond donors (Lipinski definition) is 1. The lowest BCUT2D eigenvalue weighted by molar-refractivity contribution is -0.139. The molecule has 3 rings (SSSR count). The number of nitrogens with zero attached hydrogens (tertiary/aromatic N) is 2. The summed E-state index contributed by atoms with van der Waals surface area (Å²) in [4.78, 5) is 28.0. The summed E-state index contributed by atoms with van der Waals surface area (Å²) in [6.07, 6.45) is 4.98. The molecule has 190 valence electrons. The zero-order chi connectivity index (χ0) is 25.6. The highest BCUT2D eigenvalue weighted by Crippen LogP contribution is 2.27. The van der Waals surface area contributed by atoms with Crippen LogP contribution in [0.3, 0.4) is 0 Å². The number of ether oxygens (including phenoxy) is 1. The van der Waals surface area contributed by atoms with E-state index in [2.05, 4.69) is 5.32 Å². The average molecular weight is 522 g/mol. The van der Waals surface area contributed by atoms with Gasteiger partial charge in [0.05, 0.1) is 24.1 Å². The minimum Gasteiger partial charge on any atom is -0.497 e. The molecule has 1 fully saturated rings. The first-order valence-electron chi connectivity index (χ1n) is 11.5. The summed E-state index contributed by atoms with van der Waals surface area (Å²) in [6.45, 7) is 1.30. The number of sulfonamides is 1. The molecular formula is C25H32ClN3O5S. The molecule has 1 aliphatic rings. The lowest BCUT2D eigenvalue weighted by Crippen LogP contribution is -2.52. The van der Waals surface area contributed by atoms with Crippen LogP contribution in [0.4, 0.5) is 5.69 Å². The molecule has 1 unspecified atom stereocenters. The number of para-hydroxylation sites is 1. The van der Waals surface area contributed by atoms with Crippen LogP contribution in [0.25, 0.3) is 0 Å². The predicted molar refractivity (Wildman–Crippen MR) is 137 cm³/mol. The third kappa shape index (κ3) is 7.11. The molecule has 0 heterocycles. The third-order valence-corrected chi connectivity index (χ3v) is 7.63. The van der Waals surface area contributed by atoms with Gasteiger partial charge in [0.2, 0.25) is 21.8 Å². The van der Waals surface area contributed by atoms with E-state index in [0.29, 0.717) is 5.75 Å². The maximum absolute atomic E-state index is 13.6. The molecule has 1 atom stereocenters. The lowest BCUT2D eigenvalue weighted by atomic mass is 10.1. The average Bonchev–Trinajstić information content (AvgIpc) is 3.33. The molecular weight excluding hydrogens is 490 g/mol. The van der Waals surface area contributed by atoms with Crippen molar-refractivity contribution < 1.29 is 22.7 Å². The summed E-state index contributed by atoms with van der Waals surface area (Å²) in [5.41, 5.74) is 0.987. The molecule has 2 amide bonds. The molecule has 35 heavy (non-hydrogen) atoms. The molecule has 2 aromatic rings. The molecule has 0 saturated heterocycles. The lowest BCUT2D eigenvalue weighted by Gasteiger charge is -2.32. The van der Waals surface area contributed by atoms with Crippen molar-refractivity contribution in [3.8, 4) is 5.75 Å². The molecule has 0 bridgehead atoms. The normalized spacial score (nSPS) is 14.9. The summed E-state index contributed by atoms with van der Waals surface area (Å²) < 4.78 is 31.4. The zero-order valence-corrected chi connectivity index (χ0v) is 21.8. The summed E-state index contributed by atoms with van der Waals surface area (Å²) in [6, 6.07) is 12.9. The monoisotopic (exact) mass is 521 g/mol.